The summed E-state index contributed by atoms with van der Waals surface area (Å²) in [5.74, 6) is 1.35. The summed E-state index contributed by atoms with van der Waals surface area (Å²) in [6.45, 7) is 4.33. The number of nitrogens with one attached hydrogen (secondary N) is 1. The molecule has 1 amide bonds. The van der Waals surface area contributed by atoms with Gasteiger partial charge in [0.15, 0.2) is 18.1 Å². The number of benzene rings is 2. The van der Waals surface area contributed by atoms with Gasteiger partial charge in [-0.25, -0.2) is 0 Å². The number of para-hydroxylation sites is 2. The lowest BCUT2D eigenvalue weighted by Gasteiger charge is -2.14. The summed E-state index contributed by atoms with van der Waals surface area (Å²) < 4.78 is 16.5. The maximum absolute atomic E-state index is 12.2. The molecule has 0 aromatic heterocycles. The summed E-state index contributed by atoms with van der Waals surface area (Å²) in [7, 11) is 1.52. The van der Waals surface area contributed by atoms with E-state index in [1.165, 1.54) is 7.11 Å². The van der Waals surface area contributed by atoms with E-state index in [1.807, 2.05) is 32.0 Å². The van der Waals surface area contributed by atoms with E-state index >= 15 is 0 Å². The highest BCUT2D eigenvalue weighted by molar-refractivity contribution is 6.31. The molecule has 0 saturated heterocycles. The zero-order chi connectivity index (χ0) is 18.2. The molecular weight excluding hydrogens is 342 g/mol. The van der Waals surface area contributed by atoms with Crippen LogP contribution in [0.25, 0.3) is 0 Å². The Balaban J connectivity index is 2.01. The number of rotatable bonds is 8. The molecule has 25 heavy (non-hydrogen) atoms. The molecule has 0 unspecified atom stereocenters. The molecule has 0 bridgehead atoms. The highest BCUT2D eigenvalue weighted by Gasteiger charge is 2.12. The van der Waals surface area contributed by atoms with E-state index in [0.717, 1.165) is 12.0 Å². The van der Waals surface area contributed by atoms with E-state index in [2.05, 4.69) is 5.32 Å². The number of hydrogen-bond donors (Lipinski definition) is 1. The van der Waals surface area contributed by atoms with Crippen molar-refractivity contribution < 1.29 is 19.0 Å². The topological polar surface area (TPSA) is 56.8 Å². The number of halogens is 1. The zero-order valence-corrected chi connectivity index (χ0v) is 15.4. The number of carbonyl (C=O) groups excluding carboxylic acids is 1. The average Bonchev–Trinajstić information content (AvgIpc) is 2.61. The van der Waals surface area contributed by atoms with E-state index in [4.69, 9.17) is 25.8 Å². The third-order valence-electron chi connectivity index (χ3n) is 3.42. The molecule has 2 aromatic carbocycles. The largest absolute Gasteiger partial charge is 0.495 e. The van der Waals surface area contributed by atoms with Gasteiger partial charge in [0.05, 0.1) is 19.4 Å². The Bertz CT molecular complexity index is 733. The Morgan fingerprint density at radius 1 is 1.12 bits per heavy atom. The van der Waals surface area contributed by atoms with Gasteiger partial charge in [-0.2, -0.15) is 0 Å². The lowest BCUT2D eigenvalue weighted by molar-refractivity contribution is -0.118. The average molecular weight is 364 g/mol. The Hall–Kier alpha value is -2.40. The molecule has 0 heterocycles. The van der Waals surface area contributed by atoms with Gasteiger partial charge in [-0.3, -0.25) is 4.79 Å². The number of amides is 1. The fourth-order valence-electron chi connectivity index (χ4n) is 2.16. The SMILES string of the molecule is CCCOc1ccccc1OCC(=O)Nc1cc(C)c(Cl)cc1OC. The van der Waals surface area contributed by atoms with Crippen molar-refractivity contribution in [3.63, 3.8) is 0 Å². The minimum Gasteiger partial charge on any atom is -0.495 e. The van der Waals surface area contributed by atoms with Crippen LogP contribution in [0.2, 0.25) is 5.02 Å². The molecule has 0 saturated carbocycles. The molecule has 6 heteroatoms. The highest BCUT2D eigenvalue weighted by Crippen LogP contribution is 2.31. The number of aryl methyl sites for hydroxylation is 1. The van der Waals surface area contributed by atoms with Gasteiger partial charge in [0.25, 0.3) is 5.91 Å². The van der Waals surface area contributed by atoms with Gasteiger partial charge in [0.1, 0.15) is 5.75 Å². The standard InChI is InChI=1S/C19H22ClNO4/c1-4-9-24-16-7-5-6-8-17(16)25-12-19(22)21-15-10-13(2)14(20)11-18(15)23-3/h5-8,10-11H,4,9,12H2,1-3H3,(H,21,22). The van der Waals surface area contributed by atoms with Crippen molar-refractivity contribution in [1.29, 1.82) is 0 Å². The molecule has 0 aliphatic heterocycles. The molecule has 0 radical (unpaired) electrons. The van der Waals surface area contributed by atoms with Gasteiger partial charge in [0, 0.05) is 11.1 Å². The van der Waals surface area contributed by atoms with Crippen LogP contribution in [0.3, 0.4) is 0 Å². The number of hydrogen-bond acceptors (Lipinski definition) is 4. The Labute approximate surface area is 152 Å². The second kappa shape index (κ2) is 9.18. The summed E-state index contributed by atoms with van der Waals surface area (Å²) in [6.07, 6.45) is 0.893. The number of carbonyl (C=O) groups is 1. The van der Waals surface area contributed by atoms with Crippen molar-refractivity contribution in [3.05, 3.63) is 47.0 Å². The minimum absolute atomic E-state index is 0.142. The van der Waals surface area contributed by atoms with E-state index in [-0.39, 0.29) is 12.5 Å². The van der Waals surface area contributed by atoms with Crippen LogP contribution >= 0.6 is 11.6 Å². The predicted octanol–water partition coefficient (Wildman–Crippen LogP) is 4.46. The normalized spacial score (nSPS) is 10.2. The summed E-state index contributed by atoms with van der Waals surface area (Å²) in [5, 5.41) is 3.35. The maximum Gasteiger partial charge on any atom is 0.262 e. The monoisotopic (exact) mass is 363 g/mol. The van der Waals surface area contributed by atoms with Crippen molar-refractivity contribution in [2.24, 2.45) is 0 Å². The molecule has 134 valence electrons. The van der Waals surface area contributed by atoms with Gasteiger partial charge in [-0.1, -0.05) is 30.7 Å². The first-order chi connectivity index (χ1) is 12.0. The van der Waals surface area contributed by atoms with Gasteiger partial charge in [-0.15, -0.1) is 0 Å². The van der Waals surface area contributed by atoms with Crippen LogP contribution in [-0.2, 0) is 4.79 Å². The van der Waals surface area contributed by atoms with E-state index in [0.29, 0.717) is 34.6 Å². The fraction of sp³-hybridized carbons (Fsp3) is 0.316. The van der Waals surface area contributed by atoms with Crippen molar-refractivity contribution in [2.45, 2.75) is 20.3 Å². The van der Waals surface area contributed by atoms with Crippen molar-refractivity contribution in [2.75, 3.05) is 25.6 Å². The summed E-state index contributed by atoms with van der Waals surface area (Å²) >= 11 is 6.07. The zero-order valence-electron chi connectivity index (χ0n) is 14.6. The number of methoxy groups -OCH3 is 1. The molecule has 2 aromatic rings. The second-order valence-corrected chi connectivity index (χ2v) is 5.84. The van der Waals surface area contributed by atoms with Crippen molar-refractivity contribution in [3.8, 4) is 17.2 Å². The first kappa shape index (κ1) is 18.9. The van der Waals surface area contributed by atoms with Gasteiger partial charge in [0.2, 0.25) is 0 Å². The molecule has 0 aliphatic rings. The Kier molecular flexibility index (Phi) is 6.95. The molecule has 0 atom stereocenters. The quantitative estimate of drug-likeness (QED) is 0.752. The summed E-state index contributed by atoms with van der Waals surface area (Å²) in [4.78, 5) is 12.2. The van der Waals surface area contributed by atoms with Crippen molar-refractivity contribution in [1.82, 2.24) is 0 Å². The summed E-state index contributed by atoms with van der Waals surface area (Å²) in [6, 6.07) is 10.7. The van der Waals surface area contributed by atoms with Crippen LogP contribution < -0.4 is 19.5 Å². The van der Waals surface area contributed by atoms with Gasteiger partial charge < -0.3 is 19.5 Å². The molecule has 0 fully saturated rings. The van der Waals surface area contributed by atoms with Crippen LogP contribution in [0, 0.1) is 6.92 Å². The van der Waals surface area contributed by atoms with Crippen molar-refractivity contribution >= 4 is 23.2 Å². The molecule has 5 nitrogen and oxygen atoms in total. The van der Waals surface area contributed by atoms with Crippen LogP contribution in [-0.4, -0.2) is 26.2 Å². The third-order valence-corrected chi connectivity index (χ3v) is 3.83. The smallest absolute Gasteiger partial charge is 0.262 e. The van der Waals surface area contributed by atoms with Gasteiger partial charge >= 0.3 is 0 Å². The van der Waals surface area contributed by atoms with Crippen LogP contribution in [0.4, 0.5) is 5.69 Å². The summed E-state index contributed by atoms with van der Waals surface area (Å²) in [5.41, 5.74) is 1.39. The highest BCUT2D eigenvalue weighted by atomic mass is 35.5. The molecule has 0 aliphatic carbocycles. The van der Waals surface area contributed by atoms with E-state index in [1.54, 1.807) is 18.2 Å². The second-order valence-electron chi connectivity index (χ2n) is 5.43. The number of anilines is 1. The van der Waals surface area contributed by atoms with E-state index < -0.39 is 0 Å². The molecule has 0 spiro atoms. The Morgan fingerprint density at radius 3 is 2.44 bits per heavy atom. The molecular formula is C19H22ClNO4. The van der Waals surface area contributed by atoms with Crippen LogP contribution in [0.15, 0.2) is 36.4 Å². The van der Waals surface area contributed by atoms with Crippen LogP contribution in [0.1, 0.15) is 18.9 Å². The minimum atomic E-state index is -0.301. The van der Waals surface area contributed by atoms with E-state index in [9.17, 15) is 4.79 Å². The third kappa shape index (κ3) is 5.29. The number of ether oxygens (including phenoxy) is 3. The maximum atomic E-state index is 12.2. The lowest BCUT2D eigenvalue weighted by Crippen LogP contribution is -2.20. The predicted molar refractivity (Wildman–Crippen MR) is 99.1 cm³/mol. The van der Waals surface area contributed by atoms with Crippen LogP contribution in [0.5, 0.6) is 17.2 Å². The fourth-order valence-corrected chi connectivity index (χ4v) is 2.31. The Morgan fingerprint density at radius 2 is 1.80 bits per heavy atom. The molecule has 2 rings (SSSR count). The van der Waals surface area contributed by atoms with Gasteiger partial charge in [-0.05, 0) is 37.1 Å². The first-order valence-corrected chi connectivity index (χ1v) is 8.41. The first-order valence-electron chi connectivity index (χ1n) is 8.03. The lowest BCUT2D eigenvalue weighted by atomic mass is 10.2. The molecule has 1 N–H and O–H groups in total.